The maximum atomic E-state index is 11.2. The van der Waals surface area contributed by atoms with Gasteiger partial charge in [0.25, 0.3) is 0 Å². The molecule has 30 heteroatoms. The van der Waals surface area contributed by atoms with Crippen molar-refractivity contribution in [1.29, 1.82) is 0 Å². The predicted molar refractivity (Wildman–Crippen MR) is 190 cm³/mol. The number of carbonyl (C=O) groups excluding carboxylic acids is 3. The number of carboxylic acid groups (broad SMARTS) is 6. The van der Waals surface area contributed by atoms with Crippen molar-refractivity contribution >= 4 is 53.7 Å². The molecule has 0 fully saturated rings. The summed E-state index contributed by atoms with van der Waals surface area (Å²) >= 11 is 0. The van der Waals surface area contributed by atoms with Crippen LogP contribution in [-0.2, 0) is 57.4 Å². The van der Waals surface area contributed by atoms with Crippen molar-refractivity contribution in [3.05, 3.63) is 0 Å². The number of hydrogen-bond donors (Lipinski definition) is 15. The number of carbonyl (C=O) groups is 9. The Morgan fingerprint density at radius 1 is 0.400 bits per heavy atom. The normalized spacial score (nSPS) is 10.5. The minimum atomic E-state index is -1.42. The number of nitrogens with two attached hydrogens (primary N) is 3. The van der Waals surface area contributed by atoms with Gasteiger partial charge in [-0.2, -0.15) is 0 Å². The number of rotatable bonds is 30. The van der Waals surface area contributed by atoms with Crippen LogP contribution in [0.25, 0.3) is 0 Å². The Labute approximate surface area is 414 Å². The summed E-state index contributed by atoms with van der Waals surface area (Å²) < 4.78 is 13.7. The van der Waals surface area contributed by atoms with E-state index in [1.165, 1.54) is 0 Å². The molecule has 0 aliphatic heterocycles. The van der Waals surface area contributed by atoms with Crippen molar-refractivity contribution in [3.63, 3.8) is 0 Å². The van der Waals surface area contributed by atoms with Crippen molar-refractivity contribution < 1.29 is 196 Å². The van der Waals surface area contributed by atoms with Crippen LogP contribution in [0.2, 0.25) is 0 Å². The molecule has 0 saturated heterocycles. The zero-order chi connectivity index (χ0) is 44.7. The number of aliphatic hydroxyl groups is 3. The fourth-order valence-corrected chi connectivity index (χ4v) is 4.36. The number of aliphatic hydroxyl groups excluding tert-OH is 3. The van der Waals surface area contributed by atoms with Gasteiger partial charge in [0.1, 0.15) is 19.8 Å². The van der Waals surface area contributed by atoms with Gasteiger partial charge in [0, 0.05) is 19.6 Å². The van der Waals surface area contributed by atoms with E-state index in [0.717, 1.165) is 0 Å². The zero-order valence-electron chi connectivity index (χ0n) is 36.9. The van der Waals surface area contributed by atoms with E-state index in [9.17, 15) is 43.2 Å². The van der Waals surface area contributed by atoms with Gasteiger partial charge < -0.3 is 81.7 Å². The van der Waals surface area contributed by atoms with E-state index in [-0.39, 0.29) is 152 Å². The minimum absolute atomic E-state index is 0. The molecule has 0 heterocycles. The maximum Gasteiger partial charge on any atom is 1.00 e. The summed E-state index contributed by atoms with van der Waals surface area (Å²) in [6.07, 6.45) is -3.23. The first-order chi connectivity index (χ1) is 26.5. The molecule has 60 heavy (non-hydrogen) atoms. The SMILES string of the molecule is NCC(CC(=O)O)(CC(=O)O)NCC(=O)OCCO.NCC(CC(=O)O)(CC(=O)O)NCC(=O)OCCO.NCC(CC(=O)O)(CC(=O)O)NCC(=O)OCCO.[H-].[H-].[H-].[Na+].[Na+].[Na+]. The molecule has 0 aliphatic rings. The third kappa shape index (κ3) is 37.6. The van der Waals surface area contributed by atoms with E-state index in [0.29, 0.717) is 0 Å². The molecule has 18 N–H and O–H groups in total. The maximum absolute atomic E-state index is 11.2. The number of nitrogens with one attached hydrogen (secondary N) is 3. The zero-order valence-corrected chi connectivity index (χ0v) is 39.9. The summed E-state index contributed by atoms with van der Waals surface area (Å²) in [5, 5.41) is 85.5. The van der Waals surface area contributed by atoms with Gasteiger partial charge in [0.2, 0.25) is 0 Å². The first-order valence-corrected chi connectivity index (χ1v) is 16.5. The average Bonchev–Trinajstić information content (AvgIpc) is 3.11. The Bertz CT molecular complexity index is 1130. The van der Waals surface area contributed by atoms with E-state index in [2.05, 4.69) is 30.2 Å². The van der Waals surface area contributed by atoms with Gasteiger partial charge in [-0.15, -0.1) is 0 Å². The smallest absolute Gasteiger partial charge is 1.00 e. The fourth-order valence-electron chi connectivity index (χ4n) is 4.36. The number of esters is 3. The topological polar surface area (TPSA) is 478 Å². The molecule has 0 aliphatic carbocycles. The second kappa shape index (κ2) is 39.7. The van der Waals surface area contributed by atoms with Gasteiger partial charge >= 0.3 is 142 Å². The second-order valence-electron chi connectivity index (χ2n) is 11.8. The standard InChI is InChI=1S/3C10H18N2O7.3Na.3H/c3*11-6-10(3-7(14)15,4-8(16)17)12-5-9(18)19-2-1-13;;;;;;/h3*12-13H,1-6,11H2,(H,14,15)(H,16,17);;;;;;/q;;;3*+1;3*-1. The monoisotopic (exact) mass is 906 g/mol. The number of ether oxygens (including phenoxy) is 3. The second-order valence-corrected chi connectivity index (χ2v) is 11.8. The molecule has 27 nitrogen and oxygen atoms in total. The Morgan fingerprint density at radius 3 is 0.683 bits per heavy atom. The van der Waals surface area contributed by atoms with Crippen molar-refractivity contribution in [2.75, 3.05) is 78.9 Å². The third-order valence-electron chi connectivity index (χ3n) is 7.00. The van der Waals surface area contributed by atoms with Crippen LogP contribution in [-0.4, -0.2) is 195 Å². The summed E-state index contributed by atoms with van der Waals surface area (Å²) in [7, 11) is 0. The molecule has 0 aromatic carbocycles. The number of hydrogen-bond acceptors (Lipinski definition) is 21. The van der Waals surface area contributed by atoms with Crippen molar-refractivity contribution in [1.82, 2.24) is 16.0 Å². The predicted octanol–water partition coefficient (Wildman–Crippen LogP) is -15.4. The van der Waals surface area contributed by atoms with Crippen LogP contribution in [0.3, 0.4) is 0 Å². The van der Waals surface area contributed by atoms with E-state index >= 15 is 0 Å². The van der Waals surface area contributed by atoms with Crippen molar-refractivity contribution in [2.45, 2.75) is 55.1 Å². The quantitative estimate of drug-likeness (QED) is 0.0181. The summed E-state index contributed by atoms with van der Waals surface area (Å²) in [6, 6.07) is 0. The first kappa shape index (κ1) is 69.6. The van der Waals surface area contributed by atoms with Gasteiger partial charge in [0.05, 0.1) is 94.6 Å². The molecular weight excluding hydrogens is 849 g/mol. The Hall–Kier alpha value is -2.13. The molecular formula is C30H57N6Na3O21. The Kier molecular flexibility index (Phi) is 46.0. The van der Waals surface area contributed by atoms with E-state index < -0.39 is 128 Å². The summed E-state index contributed by atoms with van der Waals surface area (Å²) in [5.74, 6) is -9.60. The summed E-state index contributed by atoms with van der Waals surface area (Å²) in [5.41, 5.74) is 12.0. The van der Waals surface area contributed by atoms with E-state index in [1.807, 2.05) is 0 Å². The van der Waals surface area contributed by atoms with Gasteiger partial charge in [-0.1, -0.05) is 0 Å². The van der Waals surface area contributed by atoms with Gasteiger partial charge in [-0.25, -0.2) is 0 Å². The summed E-state index contributed by atoms with van der Waals surface area (Å²) in [6.45, 7) is -3.53. The van der Waals surface area contributed by atoms with Crippen molar-refractivity contribution in [3.8, 4) is 0 Å². The Balaban J connectivity index is -0.0000000947. The van der Waals surface area contributed by atoms with Crippen molar-refractivity contribution in [2.24, 2.45) is 17.2 Å². The third-order valence-corrected chi connectivity index (χ3v) is 7.00. The molecule has 0 radical (unpaired) electrons. The van der Waals surface area contributed by atoms with Gasteiger partial charge in [0.15, 0.2) is 0 Å². The molecule has 0 aromatic rings. The van der Waals surface area contributed by atoms with Crippen LogP contribution in [0.5, 0.6) is 0 Å². The molecule has 0 spiro atoms. The summed E-state index contributed by atoms with van der Waals surface area (Å²) in [4.78, 5) is 98.0. The first-order valence-electron chi connectivity index (χ1n) is 16.5. The number of carboxylic acids is 6. The van der Waals surface area contributed by atoms with Crippen LogP contribution < -0.4 is 122 Å². The van der Waals surface area contributed by atoms with Crippen LogP contribution in [0.4, 0.5) is 0 Å². The fraction of sp³-hybridized carbons (Fsp3) is 0.700. The Morgan fingerprint density at radius 2 is 0.567 bits per heavy atom. The number of aliphatic carboxylic acids is 6. The van der Waals surface area contributed by atoms with Gasteiger partial charge in [-0.3, -0.25) is 59.1 Å². The average molecular weight is 907 g/mol. The largest absolute Gasteiger partial charge is 1.00 e. The van der Waals surface area contributed by atoms with Crippen LogP contribution >= 0.6 is 0 Å². The van der Waals surface area contributed by atoms with E-state index in [4.69, 9.17) is 63.2 Å². The molecule has 0 rings (SSSR count). The molecule has 0 saturated carbocycles. The molecule has 0 amide bonds. The molecule has 336 valence electrons. The molecule has 0 bridgehead atoms. The van der Waals surface area contributed by atoms with E-state index in [1.54, 1.807) is 0 Å². The van der Waals surface area contributed by atoms with Crippen LogP contribution in [0.15, 0.2) is 0 Å². The molecule has 0 unspecified atom stereocenters. The van der Waals surface area contributed by atoms with Crippen LogP contribution in [0.1, 0.15) is 42.8 Å². The van der Waals surface area contributed by atoms with Crippen LogP contribution in [0, 0.1) is 0 Å². The molecule has 0 aromatic heterocycles. The van der Waals surface area contributed by atoms with Gasteiger partial charge in [-0.05, 0) is 0 Å². The molecule has 0 atom stereocenters. The minimum Gasteiger partial charge on any atom is -1.00 e.